The van der Waals surface area contributed by atoms with Crippen LogP contribution in [0.25, 0.3) is 0 Å². The van der Waals surface area contributed by atoms with Crippen LogP contribution in [-0.4, -0.2) is 6.29 Å². The number of rotatable bonds is 4. The first kappa shape index (κ1) is 13.5. The molecule has 0 atom stereocenters. The zero-order valence-corrected chi connectivity index (χ0v) is 10.5. The van der Waals surface area contributed by atoms with Crippen LogP contribution in [0, 0.1) is 11.6 Å². The molecule has 0 aromatic heterocycles. The summed E-state index contributed by atoms with van der Waals surface area (Å²) in [5.74, 6) is -1.08. The molecule has 0 amide bonds. The van der Waals surface area contributed by atoms with Crippen LogP contribution in [0.15, 0.2) is 36.4 Å². The van der Waals surface area contributed by atoms with Crippen LogP contribution in [0.3, 0.4) is 0 Å². The van der Waals surface area contributed by atoms with Gasteiger partial charge in [0.2, 0.25) is 0 Å². The summed E-state index contributed by atoms with van der Waals surface area (Å²) in [5, 5.41) is 0.213. The standard InChI is InChI=1S/C14H9ClF2O2/c15-12-6-11(16)3-2-10(12)8-19-14-4-1-9(7-18)5-13(14)17/h1-7H,8H2. The minimum Gasteiger partial charge on any atom is -0.486 e. The van der Waals surface area contributed by atoms with E-state index in [1.807, 2.05) is 0 Å². The van der Waals surface area contributed by atoms with Gasteiger partial charge in [0.25, 0.3) is 0 Å². The number of halogens is 3. The predicted molar refractivity (Wildman–Crippen MR) is 67.5 cm³/mol. The van der Waals surface area contributed by atoms with Crippen molar-refractivity contribution in [1.29, 1.82) is 0 Å². The van der Waals surface area contributed by atoms with Crippen LogP contribution in [0.1, 0.15) is 15.9 Å². The third-order valence-corrected chi connectivity index (χ3v) is 2.84. The summed E-state index contributed by atoms with van der Waals surface area (Å²) < 4.78 is 31.6. The Labute approximate surface area is 113 Å². The lowest BCUT2D eigenvalue weighted by molar-refractivity contribution is 0.112. The molecule has 5 heteroatoms. The van der Waals surface area contributed by atoms with Gasteiger partial charge < -0.3 is 4.74 Å². The summed E-state index contributed by atoms with van der Waals surface area (Å²) in [4.78, 5) is 10.5. The lowest BCUT2D eigenvalue weighted by atomic mass is 10.2. The molecule has 0 bridgehead atoms. The van der Waals surface area contributed by atoms with Crippen molar-refractivity contribution in [2.45, 2.75) is 6.61 Å². The van der Waals surface area contributed by atoms with E-state index in [1.54, 1.807) is 0 Å². The first-order chi connectivity index (χ1) is 9.10. The van der Waals surface area contributed by atoms with Gasteiger partial charge in [0.05, 0.1) is 5.02 Å². The number of carbonyl (C=O) groups excluding carboxylic acids is 1. The smallest absolute Gasteiger partial charge is 0.165 e. The predicted octanol–water partition coefficient (Wildman–Crippen LogP) is 4.01. The molecule has 0 unspecified atom stereocenters. The van der Waals surface area contributed by atoms with Gasteiger partial charge in [-0.3, -0.25) is 4.79 Å². The van der Waals surface area contributed by atoms with E-state index >= 15 is 0 Å². The van der Waals surface area contributed by atoms with Gasteiger partial charge in [-0.1, -0.05) is 17.7 Å². The van der Waals surface area contributed by atoms with E-state index in [0.717, 1.165) is 12.1 Å². The molecule has 0 aliphatic heterocycles. The van der Waals surface area contributed by atoms with Crippen LogP contribution >= 0.6 is 11.6 Å². The summed E-state index contributed by atoms with van der Waals surface area (Å²) >= 11 is 5.82. The average molecular weight is 283 g/mol. The normalized spacial score (nSPS) is 10.3. The second-order valence-corrected chi connectivity index (χ2v) is 4.24. The van der Waals surface area contributed by atoms with Gasteiger partial charge in [0.1, 0.15) is 18.7 Å². The number of hydrogen-bond donors (Lipinski definition) is 0. The Kier molecular flexibility index (Phi) is 4.12. The van der Waals surface area contributed by atoms with Crippen molar-refractivity contribution in [2.24, 2.45) is 0 Å². The highest BCUT2D eigenvalue weighted by Crippen LogP contribution is 2.22. The molecule has 2 rings (SSSR count). The Balaban J connectivity index is 2.12. The van der Waals surface area contributed by atoms with Crippen molar-refractivity contribution in [3.63, 3.8) is 0 Å². The molecule has 0 saturated heterocycles. The van der Waals surface area contributed by atoms with E-state index in [0.29, 0.717) is 11.8 Å². The molecule has 0 saturated carbocycles. The van der Waals surface area contributed by atoms with Crippen molar-refractivity contribution in [3.8, 4) is 5.75 Å². The van der Waals surface area contributed by atoms with Gasteiger partial charge in [-0.05, 0) is 30.3 Å². The summed E-state index contributed by atoms with van der Waals surface area (Å²) in [6.45, 7) is 0.0104. The molecule has 2 nitrogen and oxygen atoms in total. The van der Waals surface area contributed by atoms with Crippen molar-refractivity contribution < 1.29 is 18.3 Å². The first-order valence-corrected chi connectivity index (χ1v) is 5.79. The summed E-state index contributed by atoms with van der Waals surface area (Å²) in [6.07, 6.45) is 0.545. The van der Waals surface area contributed by atoms with Crippen LogP contribution in [0.2, 0.25) is 5.02 Å². The Morgan fingerprint density at radius 1 is 1.16 bits per heavy atom. The van der Waals surface area contributed by atoms with Gasteiger partial charge in [0.15, 0.2) is 11.6 Å². The fourth-order valence-corrected chi connectivity index (χ4v) is 1.72. The number of ether oxygens (including phenoxy) is 1. The number of carbonyl (C=O) groups is 1. The maximum absolute atomic E-state index is 13.5. The molecule has 0 radical (unpaired) electrons. The highest BCUT2D eigenvalue weighted by atomic mass is 35.5. The molecule has 2 aromatic rings. The topological polar surface area (TPSA) is 26.3 Å². The van der Waals surface area contributed by atoms with Crippen LogP contribution < -0.4 is 4.74 Å². The Morgan fingerprint density at radius 2 is 1.95 bits per heavy atom. The van der Waals surface area contributed by atoms with Crippen LogP contribution in [0.5, 0.6) is 5.75 Å². The fourth-order valence-electron chi connectivity index (χ4n) is 1.50. The average Bonchev–Trinajstić information content (AvgIpc) is 2.39. The minimum atomic E-state index is -0.636. The largest absolute Gasteiger partial charge is 0.486 e. The molecule has 0 heterocycles. The van der Waals surface area contributed by atoms with Crippen LogP contribution in [0.4, 0.5) is 8.78 Å². The Bertz CT molecular complexity index is 614. The van der Waals surface area contributed by atoms with E-state index in [4.69, 9.17) is 16.3 Å². The van der Waals surface area contributed by atoms with E-state index < -0.39 is 11.6 Å². The van der Waals surface area contributed by atoms with Crippen LogP contribution in [-0.2, 0) is 6.61 Å². The van der Waals surface area contributed by atoms with Gasteiger partial charge in [0, 0.05) is 11.1 Å². The van der Waals surface area contributed by atoms with Crippen molar-refractivity contribution >= 4 is 17.9 Å². The lowest BCUT2D eigenvalue weighted by Crippen LogP contribution is -1.99. The maximum atomic E-state index is 13.5. The molecular weight excluding hydrogens is 274 g/mol. The van der Waals surface area contributed by atoms with Gasteiger partial charge in [-0.2, -0.15) is 0 Å². The monoisotopic (exact) mass is 282 g/mol. The zero-order chi connectivity index (χ0) is 13.8. The second kappa shape index (κ2) is 5.80. The number of aldehydes is 1. The Hall–Kier alpha value is -1.94. The van der Waals surface area contributed by atoms with Gasteiger partial charge in [-0.15, -0.1) is 0 Å². The molecule has 0 N–H and O–H groups in total. The lowest BCUT2D eigenvalue weighted by Gasteiger charge is -2.09. The van der Waals surface area contributed by atoms with Gasteiger partial charge >= 0.3 is 0 Å². The number of benzene rings is 2. The second-order valence-electron chi connectivity index (χ2n) is 3.83. The van der Waals surface area contributed by atoms with E-state index in [-0.39, 0.29) is 22.9 Å². The third-order valence-electron chi connectivity index (χ3n) is 2.49. The fraction of sp³-hybridized carbons (Fsp3) is 0.0714. The quantitative estimate of drug-likeness (QED) is 0.792. The highest BCUT2D eigenvalue weighted by Gasteiger charge is 2.07. The van der Waals surface area contributed by atoms with Crippen molar-refractivity contribution in [2.75, 3.05) is 0 Å². The molecule has 2 aromatic carbocycles. The molecule has 0 aliphatic rings. The van der Waals surface area contributed by atoms with E-state index in [9.17, 15) is 13.6 Å². The van der Waals surface area contributed by atoms with E-state index in [1.165, 1.54) is 24.3 Å². The maximum Gasteiger partial charge on any atom is 0.165 e. The summed E-state index contributed by atoms with van der Waals surface area (Å²) in [7, 11) is 0. The summed E-state index contributed by atoms with van der Waals surface area (Å²) in [6, 6.07) is 7.75. The minimum absolute atomic E-state index is 0.00555. The van der Waals surface area contributed by atoms with Crippen molar-refractivity contribution in [3.05, 3.63) is 64.2 Å². The van der Waals surface area contributed by atoms with Gasteiger partial charge in [-0.25, -0.2) is 8.78 Å². The molecule has 19 heavy (non-hydrogen) atoms. The Morgan fingerprint density at radius 3 is 2.58 bits per heavy atom. The number of hydrogen-bond acceptors (Lipinski definition) is 2. The van der Waals surface area contributed by atoms with E-state index in [2.05, 4.69) is 0 Å². The third kappa shape index (κ3) is 3.29. The molecule has 0 aliphatic carbocycles. The zero-order valence-electron chi connectivity index (χ0n) is 9.70. The SMILES string of the molecule is O=Cc1ccc(OCc2ccc(F)cc2Cl)c(F)c1. The summed E-state index contributed by atoms with van der Waals surface area (Å²) in [5.41, 5.74) is 0.770. The molecular formula is C14H9ClF2O2. The molecule has 0 spiro atoms. The highest BCUT2D eigenvalue weighted by molar-refractivity contribution is 6.31. The van der Waals surface area contributed by atoms with Crippen molar-refractivity contribution in [1.82, 2.24) is 0 Å². The molecule has 0 fully saturated rings. The molecule has 98 valence electrons. The first-order valence-electron chi connectivity index (χ1n) is 5.41.